The van der Waals surface area contributed by atoms with Gasteiger partial charge in [0.05, 0.1) is 5.69 Å². The monoisotopic (exact) mass is 202 g/mol. The molecule has 0 unspecified atom stereocenters. The second kappa shape index (κ2) is 3.45. The quantitative estimate of drug-likeness (QED) is 0.670. The molecule has 2 aromatic rings. The number of carbonyl (C=O) groups excluding carboxylic acids is 1. The summed E-state index contributed by atoms with van der Waals surface area (Å²) in [6.07, 6.45) is 0. The van der Waals surface area contributed by atoms with Gasteiger partial charge in [-0.1, -0.05) is 12.1 Å². The van der Waals surface area contributed by atoms with Crippen molar-refractivity contribution in [2.24, 2.45) is 5.73 Å². The van der Waals surface area contributed by atoms with Crippen LogP contribution in [0, 0.1) is 0 Å². The maximum Gasteiger partial charge on any atom is 0.248 e. The number of aromatic nitrogens is 2. The number of nitrogens with two attached hydrogens (primary N) is 2. The average molecular weight is 202 g/mol. The van der Waals surface area contributed by atoms with Crippen LogP contribution < -0.4 is 11.5 Å². The predicted molar refractivity (Wildman–Crippen MR) is 57.0 cm³/mol. The van der Waals surface area contributed by atoms with Crippen LogP contribution in [0.15, 0.2) is 30.3 Å². The van der Waals surface area contributed by atoms with Crippen molar-refractivity contribution in [1.82, 2.24) is 10.2 Å². The molecule has 0 saturated carbocycles. The maximum absolute atomic E-state index is 10.8. The molecule has 0 saturated heterocycles. The van der Waals surface area contributed by atoms with Crippen molar-refractivity contribution >= 4 is 11.7 Å². The first-order valence-electron chi connectivity index (χ1n) is 4.38. The van der Waals surface area contributed by atoms with E-state index < -0.39 is 5.91 Å². The van der Waals surface area contributed by atoms with Crippen LogP contribution in [-0.4, -0.2) is 16.1 Å². The Kier molecular flexibility index (Phi) is 2.13. The van der Waals surface area contributed by atoms with Gasteiger partial charge >= 0.3 is 0 Å². The Labute approximate surface area is 86.1 Å². The van der Waals surface area contributed by atoms with Crippen LogP contribution in [0.1, 0.15) is 10.4 Å². The van der Waals surface area contributed by atoms with Gasteiger partial charge in [0.25, 0.3) is 0 Å². The van der Waals surface area contributed by atoms with Crippen molar-refractivity contribution in [2.45, 2.75) is 0 Å². The lowest BCUT2D eigenvalue weighted by molar-refractivity contribution is 0.100. The van der Waals surface area contributed by atoms with E-state index in [1.165, 1.54) is 0 Å². The number of rotatable bonds is 2. The number of benzene rings is 1. The number of hydrogen-bond donors (Lipinski definition) is 3. The minimum Gasteiger partial charge on any atom is -0.382 e. The summed E-state index contributed by atoms with van der Waals surface area (Å²) >= 11 is 0. The van der Waals surface area contributed by atoms with Crippen molar-refractivity contribution in [3.05, 3.63) is 35.9 Å². The molecule has 0 aliphatic rings. The first-order valence-corrected chi connectivity index (χ1v) is 4.38. The fourth-order valence-electron chi connectivity index (χ4n) is 1.30. The van der Waals surface area contributed by atoms with Crippen LogP contribution >= 0.6 is 0 Å². The first kappa shape index (κ1) is 9.26. The third kappa shape index (κ3) is 1.80. The van der Waals surface area contributed by atoms with Crippen LogP contribution in [0.2, 0.25) is 0 Å². The van der Waals surface area contributed by atoms with Gasteiger partial charge in [-0.15, -0.1) is 0 Å². The Morgan fingerprint density at radius 2 is 1.93 bits per heavy atom. The zero-order valence-electron chi connectivity index (χ0n) is 7.90. The summed E-state index contributed by atoms with van der Waals surface area (Å²) in [6.45, 7) is 0. The van der Waals surface area contributed by atoms with E-state index in [4.69, 9.17) is 11.5 Å². The molecule has 5 nitrogen and oxygen atoms in total. The lowest BCUT2D eigenvalue weighted by Gasteiger charge is -1.98. The van der Waals surface area contributed by atoms with Crippen molar-refractivity contribution in [3.8, 4) is 11.3 Å². The molecule has 0 spiro atoms. The van der Waals surface area contributed by atoms with E-state index in [2.05, 4.69) is 10.2 Å². The second-order valence-electron chi connectivity index (χ2n) is 3.15. The molecule has 0 atom stereocenters. The Morgan fingerprint density at radius 1 is 1.27 bits per heavy atom. The smallest absolute Gasteiger partial charge is 0.248 e. The number of nitrogens with one attached hydrogen (secondary N) is 1. The zero-order chi connectivity index (χ0) is 10.8. The lowest BCUT2D eigenvalue weighted by atomic mass is 10.1. The van der Waals surface area contributed by atoms with Gasteiger partial charge < -0.3 is 11.5 Å². The van der Waals surface area contributed by atoms with Gasteiger partial charge in [0.1, 0.15) is 5.82 Å². The molecule has 1 aromatic carbocycles. The summed E-state index contributed by atoms with van der Waals surface area (Å²) in [5.41, 5.74) is 12.8. The number of hydrogen-bond acceptors (Lipinski definition) is 3. The fourth-order valence-corrected chi connectivity index (χ4v) is 1.30. The number of H-pyrrole nitrogens is 1. The largest absolute Gasteiger partial charge is 0.382 e. The molecule has 15 heavy (non-hydrogen) atoms. The summed E-state index contributed by atoms with van der Waals surface area (Å²) in [5, 5.41) is 6.59. The van der Waals surface area contributed by atoms with Crippen LogP contribution in [0.5, 0.6) is 0 Å². The Morgan fingerprint density at radius 3 is 2.40 bits per heavy atom. The average Bonchev–Trinajstić information content (AvgIpc) is 2.65. The van der Waals surface area contributed by atoms with Crippen molar-refractivity contribution in [3.63, 3.8) is 0 Å². The molecule has 1 amide bonds. The molecular formula is C10H10N4O. The van der Waals surface area contributed by atoms with Crippen LogP contribution in [-0.2, 0) is 0 Å². The minimum absolute atomic E-state index is 0.434. The molecule has 1 aromatic heterocycles. The molecule has 0 aliphatic carbocycles. The molecule has 5 N–H and O–H groups in total. The minimum atomic E-state index is -0.439. The second-order valence-corrected chi connectivity index (χ2v) is 3.15. The molecule has 1 heterocycles. The number of primary amides is 1. The molecule has 0 fully saturated rings. The molecule has 76 valence electrons. The topological polar surface area (TPSA) is 97.8 Å². The van der Waals surface area contributed by atoms with Gasteiger partial charge in [0.2, 0.25) is 5.91 Å². The number of nitrogen functional groups attached to an aromatic ring is 1. The lowest BCUT2D eigenvalue weighted by Crippen LogP contribution is -2.10. The highest BCUT2D eigenvalue weighted by Crippen LogP contribution is 2.18. The summed E-state index contributed by atoms with van der Waals surface area (Å²) in [6, 6.07) is 8.61. The third-order valence-electron chi connectivity index (χ3n) is 2.08. The number of anilines is 1. The third-order valence-corrected chi connectivity index (χ3v) is 2.08. The fraction of sp³-hybridized carbons (Fsp3) is 0. The van der Waals surface area contributed by atoms with Crippen LogP contribution in [0.3, 0.4) is 0 Å². The summed E-state index contributed by atoms with van der Waals surface area (Å²) in [5.74, 6) is -0.00495. The molecule has 0 bridgehead atoms. The Hall–Kier alpha value is -2.30. The highest BCUT2D eigenvalue weighted by Gasteiger charge is 2.03. The van der Waals surface area contributed by atoms with Gasteiger partial charge in [-0.25, -0.2) is 0 Å². The molecule has 2 rings (SSSR count). The summed E-state index contributed by atoms with van der Waals surface area (Å²) in [7, 11) is 0. The van der Waals surface area contributed by atoms with E-state index in [0.29, 0.717) is 11.4 Å². The number of carbonyl (C=O) groups is 1. The van der Waals surface area contributed by atoms with Gasteiger partial charge in [0, 0.05) is 11.6 Å². The van der Waals surface area contributed by atoms with E-state index in [0.717, 1.165) is 11.3 Å². The van der Waals surface area contributed by atoms with Crippen LogP contribution in [0.25, 0.3) is 11.3 Å². The SMILES string of the molecule is NC(=O)c1ccc(-c2cc(N)n[nH]2)cc1. The molecule has 0 aliphatic heterocycles. The van der Waals surface area contributed by atoms with E-state index in [9.17, 15) is 4.79 Å². The predicted octanol–water partition coefficient (Wildman–Crippen LogP) is 0.758. The van der Waals surface area contributed by atoms with Gasteiger partial charge in [-0.2, -0.15) is 5.10 Å². The van der Waals surface area contributed by atoms with Crippen molar-refractivity contribution < 1.29 is 4.79 Å². The zero-order valence-corrected chi connectivity index (χ0v) is 7.90. The maximum atomic E-state index is 10.8. The van der Waals surface area contributed by atoms with Crippen molar-refractivity contribution in [2.75, 3.05) is 5.73 Å². The normalized spacial score (nSPS) is 10.1. The van der Waals surface area contributed by atoms with E-state index in [1.54, 1.807) is 30.3 Å². The summed E-state index contributed by atoms with van der Waals surface area (Å²) in [4.78, 5) is 10.8. The van der Waals surface area contributed by atoms with E-state index in [1.807, 2.05) is 0 Å². The summed E-state index contributed by atoms with van der Waals surface area (Å²) < 4.78 is 0. The number of aromatic amines is 1. The van der Waals surface area contributed by atoms with Gasteiger partial charge in [-0.05, 0) is 17.7 Å². The van der Waals surface area contributed by atoms with Crippen LogP contribution in [0.4, 0.5) is 5.82 Å². The van der Waals surface area contributed by atoms with Gasteiger partial charge in [-0.3, -0.25) is 9.89 Å². The van der Waals surface area contributed by atoms with E-state index in [-0.39, 0.29) is 0 Å². The highest BCUT2D eigenvalue weighted by atomic mass is 16.1. The highest BCUT2D eigenvalue weighted by molar-refractivity contribution is 5.93. The molecule has 0 radical (unpaired) electrons. The van der Waals surface area contributed by atoms with E-state index >= 15 is 0 Å². The Bertz CT molecular complexity index is 486. The first-order chi connectivity index (χ1) is 7.16. The number of amides is 1. The van der Waals surface area contributed by atoms with Gasteiger partial charge in [0.15, 0.2) is 0 Å². The Balaban J connectivity index is 2.35. The molecule has 5 heteroatoms. The standard InChI is InChI=1S/C10H10N4O/c11-9-5-8(13-14-9)6-1-3-7(4-2-6)10(12)15/h1-5H,(H2,12,15)(H3,11,13,14). The number of nitrogens with zero attached hydrogens (tertiary/aromatic N) is 1. The molecular weight excluding hydrogens is 192 g/mol. The van der Waals surface area contributed by atoms with Crippen molar-refractivity contribution in [1.29, 1.82) is 0 Å².